The minimum absolute atomic E-state index is 0.00942. The Kier molecular flexibility index (Phi) is 3.76. The smallest absolute Gasteiger partial charge is 0.316 e. The lowest BCUT2D eigenvalue weighted by Crippen LogP contribution is -2.33. The fourth-order valence-electron chi connectivity index (χ4n) is 2.19. The fraction of sp³-hybridized carbons (Fsp3) is 0.385. The number of hydrogen-bond acceptors (Lipinski definition) is 5. The lowest BCUT2D eigenvalue weighted by molar-refractivity contribution is -0.131. The summed E-state index contributed by atoms with van der Waals surface area (Å²) in [6.07, 6.45) is 6.02. The van der Waals surface area contributed by atoms with E-state index in [4.69, 9.17) is 4.74 Å². The molecule has 2 aromatic heterocycles. The van der Waals surface area contributed by atoms with Crippen LogP contribution in [0.15, 0.2) is 30.9 Å². The van der Waals surface area contributed by atoms with Crippen LogP contribution in [0.5, 0.6) is 6.01 Å². The monoisotopic (exact) mass is 291 g/mol. The molecule has 0 radical (unpaired) electrons. The minimum atomic E-state index is -0.509. The van der Waals surface area contributed by atoms with Crippen LogP contribution in [-0.2, 0) is 11.3 Å². The molecule has 1 unspecified atom stereocenters. The van der Waals surface area contributed by atoms with Crippen LogP contribution in [0.2, 0.25) is 0 Å². The highest BCUT2D eigenvalue weighted by Gasteiger charge is 2.28. The summed E-state index contributed by atoms with van der Waals surface area (Å²) in [5.41, 5.74) is 0. The van der Waals surface area contributed by atoms with E-state index in [0.717, 1.165) is 12.4 Å². The van der Waals surface area contributed by atoms with Crippen LogP contribution in [0, 0.1) is 5.82 Å². The van der Waals surface area contributed by atoms with Gasteiger partial charge in [-0.1, -0.05) is 0 Å². The van der Waals surface area contributed by atoms with E-state index < -0.39 is 5.82 Å². The van der Waals surface area contributed by atoms with Gasteiger partial charge >= 0.3 is 6.01 Å². The van der Waals surface area contributed by atoms with Crippen molar-refractivity contribution in [2.75, 3.05) is 13.1 Å². The molecule has 8 heteroatoms. The van der Waals surface area contributed by atoms with Gasteiger partial charge in [-0.25, -0.2) is 14.4 Å². The highest BCUT2D eigenvalue weighted by Crippen LogP contribution is 2.15. The molecule has 0 aromatic carbocycles. The van der Waals surface area contributed by atoms with E-state index in [9.17, 15) is 9.18 Å². The average molecular weight is 291 g/mol. The SMILES string of the molecule is O=C(Cn1cccn1)N1CCC(Oc2ncc(F)cn2)C1. The van der Waals surface area contributed by atoms with Crippen LogP contribution >= 0.6 is 0 Å². The van der Waals surface area contributed by atoms with E-state index in [1.165, 1.54) is 0 Å². The van der Waals surface area contributed by atoms with Gasteiger partial charge in [-0.3, -0.25) is 9.48 Å². The molecule has 0 spiro atoms. The molecule has 0 saturated carbocycles. The second-order valence-electron chi connectivity index (χ2n) is 4.76. The van der Waals surface area contributed by atoms with Gasteiger partial charge in [0.1, 0.15) is 12.6 Å². The third kappa shape index (κ3) is 3.33. The molecule has 110 valence electrons. The lowest BCUT2D eigenvalue weighted by Gasteiger charge is -2.16. The van der Waals surface area contributed by atoms with Crippen molar-refractivity contribution in [2.24, 2.45) is 0 Å². The number of hydrogen-bond donors (Lipinski definition) is 0. The molecule has 21 heavy (non-hydrogen) atoms. The van der Waals surface area contributed by atoms with Gasteiger partial charge in [0, 0.05) is 25.4 Å². The first kappa shape index (κ1) is 13.5. The number of amides is 1. The Balaban J connectivity index is 1.53. The van der Waals surface area contributed by atoms with Crippen LogP contribution in [-0.4, -0.2) is 49.7 Å². The molecule has 1 aliphatic rings. The van der Waals surface area contributed by atoms with Crippen LogP contribution in [0.3, 0.4) is 0 Å². The first-order chi connectivity index (χ1) is 10.2. The normalized spacial score (nSPS) is 18.0. The maximum absolute atomic E-state index is 12.7. The number of ether oxygens (including phenoxy) is 1. The Morgan fingerprint density at radius 3 is 2.95 bits per heavy atom. The number of likely N-dealkylation sites (tertiary alicyclic amines) is 1. The summed E-state index contributed by atoms with van der Waals surface area (Å²) in [5.74, 6) is -0.519. The molecular weight excluding hydrogens is 277 g/mol. The van der Waals surface area contributed by atoms with Crippen LogP contribution < -0.4 is 4.74 Å². The van der Waals surface area contributed by atoms with Gasteiger partial charge < -0.3 is 9.64 Å². The van der Waals surface area contributed by atoms with E-state index in [1.54, 1.807) is 28.0 Å². The van der Waals surface area contributed by atoms with Gasteiger partial charge in [-0.2, -0.15) is 5.10 Å². The van der Waals surface area contributed by atoms with Crippen molar-refractivity contribution in [3.8, 4) is 6.01 Å². The highest BCUT2D eigenvalue weighted by atomic mass is 19.1. The molecule has 7 nitrogen and oxygen atoms in total. The van der Waals surface area contributed by atoms with Gasteiger partial charge in [0.25, 0.3) is 0 Å². The molecule has 1 aliphatic heterocycles. The topological polar surface area (TPSA) is 73.1 Å². The Labute approximate surface area is 120 Å². The number of rotatable bonds is 4. The van der Waals surface area contributed by atoms with E-state index in [1.807, 2.05) is 0 Å². The molecular formula is C13H14FN5O2. The van der Waals surface area contributed by atoms with Crippen LogP contribution in [0.25, 0.3) is 0 Å². The molecule has 1 amide bonds. The largest absolute Gasteiger partial charge is 0.458 e. The second-order valence-corrected chi connectivity index (χ2v) is 4.76. The molecule has 0 bridgehead atoms. The summed E-state index contributed by atoms with van der Waals surface area (Å²) >= 11 is 0. The first-order valence-electron chi connectivity index (χ1n) is 6.60. The van der Waals surface area contributed by atoms with Crippen molar-refractivity contribution < 1.29 is 13.9 Å². The van der Waals surface area contributed by atoms with Gasteiger partial charge in [-0.05, 0) is 6.07 Å². The zero-order valence-corrected chi connectivity index (χ0v) is 11.2. The predicted molar refractivity (Wildman–Crippen MR) is 69.8 cm³/mol. The van der Waals surface area contributed by atoms with Crippen molar-refractivity contribution in [1.82, 2.24) is 24.6 Å². The Morgan fingerprint density at radius 2 is 2.24 bits per heavy atom. The molecule has 1 saturated heterocycles. The summed E-state index contributed by atoms with van der Waals surface area (Å²) < 4.78 is 19.8. The van der Waals surface area contributed by atoms with Gasteiger partial charge in [-0.15, -0.1) is 0 Å². The number of nitrogens with zero attached hydrogens (tertiary/aromatic N) is 5. The van der Waals surface area contributed by atoms with E-state index in [-0.39, 0.29) is 24.6 Å². The molecule has 2 aromatic rings. The van der Waals surface area contributed by atoms with Gasteiger partial charge in [0.2, 0.25) is 5.91 Å². The zero-order chi connectivity index (χ0) is 14.7. The Hall–Kier alpha value is -2.51. The molecule has 3 heterocycles. The summed E-state index contributed by atoms with van der Waals surface area (Å²) in [5, 5.41) is 4.01. The van der Waals surface area contributed by atoms with E-state index in [2.05, 4.69) is 15.1 Å². The van der Waals surface area contributed by atoms with Crippen molar-refractivity contribution in [3.05, 3.63) is 36.7 Å². The first-order valence-corrected chi connectivity index (χ1v) is 6.60. The van der Waals surface area contributed by atoms with Gasteiger partial charge in [0.05, 0.1) is 18.9 Å². The quantitative estimate of drug-likeness (QED) is 0.820. The van der Waals surface area contributed by atoms with Gasteiger partial charge in [0.15, 0.2) is 5.82 Å². The number of carbonyl (C=O) groups excluding carboxylic acids is 1. The second kappa shape index (κ2) is 5.86. The lowest BCUT2D eigenvalue weighted by atomic mass is 10.3. The average Bonchev–Trinajstić information content (AvgIpc) is 3.13. The maximum atomic E-state index is 12.7. The third-order valence-electron chi connectivity index (χ3n) is 3.22. The maximum Gasteiger partial charge on any atom is 0.316 e. The fourth-order valence-corrected chi connectivity index (χ4v) is 2.19. The number of halogens is 1. The molecule has 0 aliphatic carbocycles. The minimum Gasteiger partial charge on any atom is -0.458 e. The Morgan fingerprint density at radius 1 is 1.43 bits per heavy atom. The molecule has 3 rings (SSSR count). The third-order valence-corrected chi connectivity index (χ3v) is 3.22. The van der Waals surface area contributed by atoms with Crippen LogP contribution in [0.1, 0.15) is 6.42 Å². The van der Waals surface area contributed by atoms with E-state index >= 15 is 0 Å². The van der Waals surface area contributed by atoms with Crippen LogP contribution in [0.4, 0.5) is 4.39 Å². The number of aromatic nitrogens is 4. The van der Waals surface area contributed by atoms with Crippen molar-refractivity contribution >= 4 is 5.91 Å². The molecule has 1 fully saturated rings. The Bertz CT molecular complexity index is 602. The predicted octanol–water partition coefficient (Wildman–Crippen LogP) is 0.492. The zero-order valence-electron chi connectivity index (χ0n) is 11.2. The van der Waals surface area contributed by atoms with Crippen molar-refractivity contribution in [2.45, 2.75) is 19.1 Å². The summed E-state index contributed by atoms with van der Waals surface area (Å²) in [6, 6.07) is 1.90. The standard InChI is InChI=1S/C13H14FN5O2/c14-10-6-15-13(16-7-10)21-11-2-5-18(8-11)12(20)9-19-4-1-3-17-19/h1,3-4,6-7,11H,2,5,8-9H2. The van der Waals surface area contributed by atoms with Crippen molar-refractivity contribution in [1.29, 1.82) is 0 Å². The highest BCUT2D eigenvalue weighted by molar-refractivity contribution is 5.76. The molecule has 0 N–H and O–H groups in total. The van der Waals surface area contributed by atoms with Crippen molar-refractivity contribution in [3.63, 3.8) is 0 Å². The summed E-state index contributed by atoms with van der Waals surface area (Å²) in [7, 11) is 0. The summed E-state index contributed by atoms with van der Waals surface area (Å²) in [4.78, 5) is 21.3. The summed E-state index contributed by atoms with van der Waals surface area (Å²) in [6.45, 7) is 1.31. The van der Waals surface area contributed by atoms with E-state index in [0.29, 0.717) is 19.5 Å². The molecule has 1 atom stereocenters. The number of carbonyl (C=O) groups is 1.